The summed E-state index contributed by atoms with van der Waals surface area (Å²) in [6.07, 6.45) is 5.18. The second-order valence-corrected chi connectivity index (χ2v) is 3.63. The van der Waals surface area contributed by atoms with Crippen LogP contribution < -0.4 is 11.3 Å². The summed E-state index contributed by atoms with van der Waals surface area (Å²) in [5.41, 5.74) is 5.23. The Morgan fingerprint density at radius 3 is 3.00 bits per heavy atom. The first-order valence-electron chi connectivity index (χ1n) is 4.24. The number of nitrogens with two attached hydrogens (primary N) is 1. The molecule has 1 rings (SSSR count). The Kier molecular flexibility index (Phi) is 4.03. The fourth-order valence-electron chi connectivity index (χ4n) is 1.04. The molecule has 0 unspecified atom stereocenters. The molecule has 0 aromatic carbocycles. The summed E-state index contributed by atoms with van der Waals surface area (Å²) in [7, 11) is 0. The molecule has 2 N–H and O–H groups in total. The minimum absolute atomic E-state index is 0.0702. The van der Waals surface area contributed by atoms with E-state index in [1.165, 1.54) is 6.20 Å². The molecule has 4 nitrogen and oxygen atoms in total. The van der Waals surface area contributed by atoms with Crippen molar-refractivity contribution < 1.29 is 0 Å². The van der Waals surface area contributed by atoms with Crippen molar-refractivity contribution in [3.8, 4) is 0 Å². The minimum Gasteiger partial charge on any atom is -0.327 e. The van der Waals surface area contributed by atoms with E-state index in [4.69, 9.17) is 5.73 Å². The molecule has 0 bridgehead atoms. The van der Waals surface area contributed by atoms with Crippen molar-refractivity contribution in [3.63, 3.8) is 0 Å². The number of allylic oxidation sites excluding steroid dienone is 1. The number of aromatic nitrogens is 2. The molecule has 0 fully saturated rings. The lowest BCUT2D eigenvalue weighted by Gasteiger charge is -2.05. The summed E-state index contributed by atoms with van der Waals surface area (Å²) in [6.45, 7) is 2.79. The molecule has 1 aromatic heterocycles. The first-order valence-corrected chi connectivity index (χ1v) is 5.03. The van der Waals surface area contributed by atoms with Gasteiger partial charge in [0.1, 0.15) is 10.3 Å². The SMILES string of the molecule is Cc1ncc(Br)c(=O)n1CC=CCN. The molecular weight excluding hydrogens is 246 g/mol. The maximum Gasteiger partial charge on any atom is 0.268 e. The highest BCUT2D eigenvalue weighted by atomic mass is 79.9. The maximum absolute atomic E-state index is 11.6. The van der Waals surface area contributed by atoms with E-state index < -0.39 is 0 Å². The molecule has 14 heavy (non-hydrogen) atoms. The molecule has 76 valence electrons. The number of hydrogen-bond acceptors (Lipinski definition) is 3. The number of halogens is 1. The Morgan fingerprint density at radius 1 is 1.64 bits per heavy atom. The molecule has 1 aromatic rings. The zero-order chi connectivity index (χ0) is 10.6. The normalized spacial score (nSPS) is 11.1. The lowest BCUT2D eigenvalue weighted by atomic mass is 10.4. The topological polar surface area (TPSA) is 60.9 Å². The third-order valence-electron chi connectivity index (χ3n) is 1.80. The van der Waals surface area contributed by atoms with E-state index in [0.29, 0.717) is 23.4 Å². The van der Waals surface area contributed by atoms with Crippen molar-refractivity contribution >= 4 is 15.9 Å². The predicted octanol–water partition coefficient (Wildman–Crippen LogP) is 0.829. The average Bonchev–Trinajstić information content (AvgIpc) is 2.18. The number of hydrogen-bond donors (Lipinski definition) is 1. The number of rotatable bonds is 3. The van der Waals surface area contributed by atoms with Gasteiger partial charge < -0.3 is 5.73 Å². The Hall–Kier alpha value is -0.940. The van der Waals surface area contributed by atoms with Crippen LogP contribution in [0.4, 0.5) is 0 Å². The van der Waals surface area contributed by atoms with E-state index in [1.807, 2.05) is 12.2 Å². The summed E-state index contributed by atoms with van der Waals surface area (Å²) in [4.78, 5) is 15.7. The van der Waals surface area contributed by atoms with Crippen LogP contribution in [-0.2, 0) is 6.54 Å². The third kappa shape index (κ3) is 2.52. The molecule has 0 spiro atoms. The summed E-state index contributed by atoms with van der Waals surface area (Å²) in [5, 5.41) is 0. The minimum atomic E-state index is -0.0702. The molecule has 0 saturated heterocycles. The van der Waals surface area contributed by atoms with Crippen molar-refractivity contribution in [3.05, 3.63) is 39.0 Å². The second-order valence-electron chi connectivity index (χ2n) is 2.78. The lowest BCUT2D eigenvalue weighted by molar-refractivity contribution is 0.708. The van der Waals surface area contributed by atoms with Crippen molar-refractivity contribution in [1.82, 2.24) is 9.55 Å². The van der Waals surface area contributed by atoms with E-state index in [1.54, 1.807) is 11.5 Å². The highest BCUT2D eigenvalue weighted by Gasteiger charge is 2.02. The molecule has 0 amide bonds. The van der Waals surface area contributed by atoms with Crippen molar-refractivity contribution in [2.45, 2.75) is 13.5 Å². The third-order valence-corrected chi connectivity index (χ3v) is 2.34. The van der Waals surface area contributed by atoms with Gasteiger partial charge in [-0.25, -0.2) is 4.98 Å². The monoisotopic (exact) mass is 257 g/mol. The van der Waals surface area contributed by atoms with Gasteiger partial charge >= 0.3 is 0 Å². The van der Waals surface area contributed by atoms with Crippen molar-refractivity contribution in [1.29, 1.82) is 0 Å². The summed E-state index contributed by atoms with van der Waals surface area (Å²) in [5.74, 6) is 0.694. The van der Waals surface area contributed by atoms with Gasteiger partial charge in [0, 0.05) is 19.3 Å². The van der Waals surface area contributed by atoms with E-state index in [0.717, 1.165) is 0 Å². The van der Waals surface area contributed by atoms with Crippen LogP contribution >= 0.6 is 15.9 Å². The van der Waals surface area contributed by atoms with E-state index in [9.17, 15) is 4.79 Å². The highest BCUT2D eigenvalue weighted by molar-refractivity contribution is 9.10. The molecular formula is C9H12BrN3O. The molecule has 0 aliphatic carbocycles. The van der Waals surface area contributed by atoms with Gasteiger partial charge in [0.05, 0.1) is 0 Å². The second kappa shape index (κ2) is 5.07. The van der Waals surface area contributed by atoms with Gasteiger partial charge in [-0.1, -0.05) is 12.2 Å². The zero-order valence-electron chi connectivity index (χ0n) is 7.90. The molecule has 1 heterocycles. The fraction of sp³-hybridized carbons (Fsp3) is 0.333. The molecule has 0 aliphatic rings. The van der Waals surface area contributed by atoms with Crippen LogP contribution in [0.1, 0.15) is 5.82 Å². The Morgan fingerprint density at radius 2 is 2.36 bits per heavy atom. The largest absolute Gasteiger partial charge is 0.327 e. The first kappa shape index (κ1) is 11.1. The Bertz CT molecular complexity index is 398. The van der Waals surface area contributed by atoms with Crippen LogP contribution in [0.5, 0.6) is 0 Å². The lowest BCUT2D eigenvalue weighted by Crippen LogP contribution is -2.23. The van der Waals surface area contributed by atoms with Crippen LogP contribution in [0.15, 0.2) is 27.6 Å². The van der Waals surface area contributed by atoms with Gasteiger partial charge in [-0.3, -0.25) is 9.36 Å². The van der Waals surface area contributed by atoms with Gasteiger partial charge in [0.15, 0.2) is 0 Å². The van der Waals surface area contributed by atoms with E-state index in [-0.39, 0.29) is 5.56 Å². The van der Waals surface area contributed by atoms with Gasteiger partial charge in [-0.2, -0.15) is 0 Å². The van der Waals surface area contributed by atoms with Crippen molar-refractivity contribution in [2.75, 3.05) is 6.54 Å². The molecule has 0 aliphatic heterocycles. The predicted molar refractivity (Wildman–Crippen MR) is 59.1 cm³/mol. The zero-order valence-corrected chi connectivity index (χ0v) is 9.49. The molecule has 0 radical (unpaired) electrons. The van der Waals surface area contributed by atoms with Crippen LogP contribution in [0, 0.1) is 6.92 Å². The van der Waals surface area contributed by atoms with Crippen LogP contribution in [0.25, 0.3) is 0 Å². The molecule has 0 atom stereocenters. The van der Waals surface area contributed by atoms with Crippen LogP contribution in [-0.4, -0.2) is 16.1 Å². The van der Waals surface area contributed by atoms with Gasteiger partial charge in [0.25, 0.3) is 5.56 Å². The standard InChI is InChI=1S/C9H12BrN3O/c1-7-12-6-8(10)9(14)13(7)5-3-2-4-11/h2-3,6H,4-5,11H2,1H3. The van der Waals surface area contributed by atoms with Crippen LogP contribution in [0.3, 0.4) is 0 Å². The Labute approximate surface area is 90.6 Å². The van der Waals surface area contributed by atoms with E-state index in [2.05, 4.69) is 20.9 Å². The highest BCUT2D eigenvalue weighted by Crippen LogP contribution is 2.01. The van der Waals surface area contributed by atoms with E-state index >= 15 is 0 Å². The Balaban J connectivity index is 3.01. The fourth-order valence-corrected chi connectivity index (χ4v) is 1.36. The summed E-state index contributed by atoms with van der Waals surface area (Å²) in [6, 6.07) is 0. The smallest absolute Gasteiger partial charge is 0.268 e. The van der Waals surface area contributed by atoms with Crippen molar-refractivity contribution in [2.24, 2.45) is 5.73 Å². The number of nitrogens with zero attached hydrogens (tertiary/aromatic N) is 2. The first-order chi connectivity index (χ1) is 6.66. The van der Waals surface area contributed by atoms with Gasteiger partial charge in [0.2, 0.25) is 0 Å². The van der Waals surface area contributed by atoms with Crippen LogP contribution in [0.2, 0.25) is 0 Å². The quantitative estimate of drug-likeness (QED) is 0.817. The summed E-state index contributed by atoms with van der Waals surface area (Å²) < 4.78 is 2.06. The molecule has 0 saturated carbocycles. The summed E-state index contributed by atoms with van der Waals surface area (Å²) >= 11 is 3.14. The number of aryl methyl sites for hydroxylation is 1. The molecule has 5 heteroatoms. The van der Waals surface area contributed by atoms with Gasteiger partial charge in [-0.05, 0) is 22.9 Å². The van der Waals surface area contributed by atoms with Gasteiger partial charge in [-0.15, -0.1) is 0 Å². The maximum atomic E-state index is 11.6. The average molecular weight is 258 g/mol.